The van der Waals surface area contributed by atoms with Crippen molar-refractivity contribution in [3.05, 3.63) is 70.9 Å². The summed E-state index contributed by atoms with van der Waals surface area (Å²) in [5, 5.41) is 11.4. The second kappa shape index (κ2) is 7.63. The second-order valence-electron chi connectivity index (χ2n) is 5.11. The van der Waals surface area contributed by atoms with Crippen LogP contribution in [-0.4, -0.2) is 29.4 Å². The molecular weight excluding hydrogens is 340 g/mol. The first-order valence-corrected chi connectivity index (χ1v) is 7.83. The van der Waals surface area contributed by atoms with Gasteiger partial charge in [0.15, 0.2) is 0 Å². The molecule has 0 saturated carbocycles. The minimum atomic E-state index is -0.390. The lowest BCUT2D eigenvalue weighted by Gasteiger charge is -2.02. The monoisotopic (exact) mass is 354 g/mol. The van der Waals surface area contributed by atoms with Gasteiger partial charge in [0.2, 0.25) is 0 Å². The molecule has 126 valence electrons. The van der Waals surface area contributed by atoms with Gasteiger partial charge in [0, 0.05) is 16.1 Å². The number of hydrazone groups is 1. The molecule has 0 aliphatic rings. The Morgan fingerprint density at radius 1 is 1.24 bits per heavy atom. The second-order valence-corrected chi connectivity index (χ2v) is 5.55. The van der Waals surface area contributed by atoms with E-state index in [9.17, 15) is 4.79 Å². The molecule has 2 aromatic carbocycles. The third-order valence-corrected chi connectivity index (χ3v) is 3.72. The van der Waals surface area contributed by atoms with Crippen molar-refractivity contribution in [2.24, 2.45) is 5.10 Å². The molecule has 0 unspecified atom stereocenters. The van der Waals surface area contributed by atoms with Crippen LogP contribution < -0.4 is 10.2 Å². The first kappa shape index (κ1) is 16.7. The average molecular weight is 355 g/mol. The third kappa shape index (κ3) is 4.05. The maximum absolute atomic E-state index is 12.1. The number of carbonyl (C=O) groups is 1. The van der Waals surface area contributed by atoms with Gasteiger partial charge in [-0.05, 0) is 30.3 Å². The largest absolute Gasteiger partial charge is 0.496 e. The van der Waals surface area contributed by atoms with Crippen LogP contribution in [0.5, 0.6) is 5.75 Å². The Labute approximate surface area is 149 Å². The molecule has 0 bridgehead atoms. The summed E-state index contributed by atoms with van der Waals surface area (Å²) in [6.45, 7) is 0. The van der Waals surface area contributed by atoms with Crippen molar-refractivity contribution in [3.63, 3.8) is 0 Å². The van der Waals surface area contributed by atoms with Crippen LogP contribution >= 0.6 is 11.6 Å². The molecule has 25 heavy (non-hydrogen) atoms. The lowest BCUT2D eigenvalue weighted by molar-refractivity contribution is 0.0950. The van der Waals surface area contributed by atoms with Gasteiger partial charge in [0.05, 0.1) is 19.0 Å². The van der Waals surface area contributed by atoms with Gasteiger partial charge in [0.25, 0.3) is 5.91 Å². The van der Waals surface area contributed by atoms with E-state index >= 15 is 0 Å². The Balaban J connectivity index is 1.68. The molecule has 0 radical (unpaired) electrons. The van der Waals surface area contributed by atoms with Gasteiger partial charge in [-0.2, -0.15) is 10.2 Å². The zero-order valence-corrected chi connectivity index (χ0v) is 14.1. The number of halogens is 1. The molecule has 0 saturated heterocycles. The van der Waals surface area contributed by atoms with Crippen molar-refractivity contribution < 1.29 is 9.53 Å². The van der Waals surface area contributed by atoms with E-state index in [0.717, 1.165) is 11.1 Å². The molecule has 3 aromatic rings. The summed E-state index contributed by atoms with van der Waals surface area (Å²) >= 11 is 5.87. The fourth-order valence-electron chi connectivity index (χ4n) is 2.20. The molecular formula is C18H15ClN4O2. The first-order chi connectivity index (χ1) is 12.2. The maximum atomic E-state index is 12.1. The highest BCUT2D eigenvalue weighted by atomic mass is 35.5. The number of nitrogens with zero attached hydrogens (tertiary/aromatic N) is 2. The van der Waals surface area contributed by atoms with Crippen LogP contribution in [-0.2, 0) is 0 Å². The van der Waals surface area contributed by atoms with E-state index in [4.69, 9.17) is 16.3 Å². The van der Waals surface area contributed by atoms with Crippen LogP contribution in [0.1, 0.15) is 16.1 Å². The number of methoxy groups -OCH3 is 1. The van der Waals surface area contributed by atoms with E-state index < -0.39 is 0 Å². The van der Waals surface area contributed by atoms with Crippen molar-refractivity contribution in [3.8, 4) is 17.0 Å². The van der Waals surface area contributed by atoms with Crippen molar-refractivity contribution in [1.29, 1.82) is 0 Å². The van der Waals surface area contributed by atoms with Crippen LogP contribution in [0.2, 0.25) is 5.02 Å². The molecule has 1 aromatic heterocycles. The number of amides is 1. The van der Waals surface area contributed by atoms with Gasteiger partial charge in [-0.3, -0.25) is 9.89 Å². The van der Waals surface area contributed by atoms with Gasteiger partial charge < -0.3 is 4.74 Å². The van der Waals surface area contributed by atoms with Gasteiger partial charge >= 0.3 is 0 Å². The van der Waals surface area contributed by atoms with Crippen molar-refractivity contribution in [2.75, 3.05) is 7.11 Å². The highest BCUT2D eigenvalue weighted by Crippen LogP contribution is 2.20. The van der Waals surface area contributed by atoms with Crippen LogP contribution in [0.15, 0.2) is 59.7 Å². The summed E-state index contributed by atoms with van der Waals surface area (Å²) in [5.74, 6) is 0.283. The van der Waals surface area contributed by atoms with Crippen LogP contribution in [0, 0.1) is 0 Å². The van der Waals surface area contributed by atoms with Crippen molar-refractivity contribution in [1.82, 2.24) is 15.6 Å². The standard InChI is InChI=1S/C18H15ClN4O2/c1-25-17-5-3-2-4-13(17)11-20-23-18(24)16-10-15(21-22-16)12-6-8-14(19)9-7-12/h2-11H,1H3,(H,21,22)(H,23,24)/b20-11-. The highest BCUT2D eigenvalue weighted by molar-refractivity contribution is 6.30. The predicted molar refractivity (Wildman–Crippen MR) is 97.1 cm³/mol. The first-order valence-electron chi connectivity index (χ1n) is 7.45. The molecule has 6 nitrogen and oxygen atoms in total. The van der Waals surface area contributed by atoms with Gasteiger partial charge in [-0.25, -0.2) is 5.43 Å². The Bertz CT molecular complexity index is 903. The Kier molecular flexibility index (Phi) is 5.11. The number of carbonyl (C=O) groups excluding carboxylic acids is 1. The zero-order chi connectivity index (χ0) is 17.6. The van der Waals surface area contributed by atoms with Crippen LogP contribution in [0.3, 0.4) is 0 Å². The minimum absolute atomic E-state index is 0.308. The molecule has 7 heteroatoms. The van der Waals surface area contributed by atoms with Gasteiger partial charge in [0.1, 0.15) is 11.4 Å². The topological polar surface area (TPSA) is 79.4 Å². The quantitative estimate of drug-likeness (QED) is 0.543. The summed E-state index contributed by atoms with van der Waals surface area (Å²) in [6.07, 6.45) is 1.52. The molecule has 0 fully saturated rings. The highest BCUT2D eigenvalue weighted by Gasteiger charge is 2.10. The average Bonchev–Trinajstić information content (AvgIpc) is 3.13. The van der Waals surface area contributed by atoms with E-state index in [1.54, 1.807) is 25.3 Å². The number of ether oxygens (including phenoxy) is 1. The Morgan fingerprint density at radius 3 is 2.76 bits per heavy atom. The number of para-hydroxylation sites is 1. The van der Waals surface area contributed by atoms with Gasteiger partial charge in [-0.1, -0.05) is 35.9 Å². The maximum Gasteiger partial charge on any atom is 0.289 e. The van der Waals surface area contributed by atoms with E-state index in [-0.39, 0.29) is 5.91 Å². The molecule has 1 amide bonds. The fourth-order valence-corrected chi connectivity index (χ4v) is 2.33. The number of hydrogen-bond donors (Lipinski definition) is 2. The summed E-state index contributed by atoms with van der Waals surface area (Å²) in [5.41, 5.74) is 5.03. The zero-order valence-electron chi connectivity index (χ0n) is 13.4. The van der Waals surface area contributed by atoms with E-state index in [2.05, 4.69) is 20.7 Å². The molecule has 2 N–H and O–H groups in total. The molecule has 0 spiro atoms. The fraction of sp³-hybridized carbons (Fsp3) is 0.0556. The van der Waals surface area contributed by atoms with Gasteiger partial charge in [-0.15, -0.1) is 0 Å². The minimum Gasteiger partial charge on any atom is -0.496 e. The number of rotatable bonds is 5. The van der Waals surface area contributed by atoms with Crippen LogP contribution in [0.25, 0.3) is 11.3 Å². The van der Waals surface area contributed by atoms with E-state index in [1.165, 1.54) is 6.21 Å². The normalized spacial score (nSPS) is 10.8. The van der Waals surface area contributed by atoms with Crippen LogP contribution in [0.4, 0.5) is 0 Å². The van der Waals surface area contributed by atoms with Crippen molar-refractivity contribution in [2.45, 2.75) is 0 Å². The van der Waals surface area contributed by atoms with E-state index in [0.29, 0.717) is 22.2 Å². The molecule has 3 rings (SSSR count). The SMILES string of the molecule is COc1ccccc1/C=N\NC(=O)c1cc(-c2ccc(Cl)cc2)n[nH]1. The van der Waals surface area contributed by atoms with Crippen molar-refractivity contribution >= 4 is 23.7 Å². The number of hydrogen-bond acceptors (Lipinski definition) is 4. The molecule has 1 heterocycles. The molecule has 0 atom stereocenters. The number of benzene rings is 2. The molecule has 0 aliphatic heterocycles. The molecule has 0 aliphatic carbocycles. The summed E-state index contributed by atoms with van der Waals surface area (Å²) in [6, 6.07) is 16.2. The number of aromatic amines is 1. The smallest absolute Gasteiger partial charge is 0.289 e. The summed E-state index contributed by atoms with van der Waals surface area (Å²) in [7, 11) is 1.58. The number of aromatic nitrogens is 2. The summed E-state index contributed by atoms with van der Waals surface area (Å²) in [4.78, 5) is 12.1. The lowest BCUT2D eigenvalue weighted by Crippen LogP contribution is -2.18. The Morgan fingerprint density at radius 2 is 2.00 bits per heavy atom. The summed E-state index contributed by atoms with van der Waals surface area (Å²) < 4.78 is 5.22. The lowest BCUT2D eigenvalue weighted by atomic mass is 10.1. The Hall–Kier alpha value is -3.12. The number of H-pyrrole nitrogens is 1. The van der Waals surface area contributed by atoms with E-state index in [1.807, 2.05) is 36.4 Å². The predicted octanol–water partition coefficient (Wildman–Crippen LogP) is 3.50. The third-order valence-electron chi connectivity index (χ3n) is 3.47. The number of nitrogens with one attached hydrogen (secondary N) is 2.